The lowest BCUT2D eigenvalue weighted by Gasteiger charge is -2.08. The largest absolute Gasteiger partial charge is 0.409 e. The van der Waals surface area contributed by atoms with Crippen molar-refractivity contribution in [2.45, 2.75) is 31.0 Å². The van der Waals surface area contributed by atoms with Crippen LogP contribution in [-0.2, 0) is 0 Å². The minimum atomic E-state index is -0.0962. The van der Waals surface area contributed by atoms with Gasteiger partial charge in [-0.15, -0.1) is 0 Å². The number of nitrogens with two attached hydrogens (primary N) is 1. The third-order valence-corrected chi connectivity index (χ3v) is 3.67. The third-order valence-electron chi connectivity index (χ3n) is 2.82. The second-order valence-corrected chi connectivity index (χ2v) is 5.06. The molecule has 0 saturated carbocycles. The highest BCUT2D eigenvalue weighted by Gasteiger charge is 2.14. The summed E-state index contributed by atoms with van der Waals surface area (Å²) in [5, 5.41) is 12.8. The Morgan fingerprint density at radius 3 is 2.35 bits per heavy atom. The zero-order valence-electron chi connectivity index (χ0n) is 11.3. The Balaban J connectivity index is 2.41. The van der Waals surface area contributed by atoms with E-state index in [2.05, 4.69) is 25.1 Å². The van der Waals surface area contributed by atoms with Crippen molar-refractivity contribution in [3.8, 4) is 0 Å². The van der Waals surface area contributed by atoms with Crippen molar-refractivity contribution in [3.05, 3.63) is 35.0 Å². The average molecular weight is 290 g/mol. The van der Waals surface area contributed by atoms with Gasteiger partial charge in [-0.3, -0.25) is 0 Å². The molecular formula is C12H14N6OS. The van der Waals surface area contributed by atoms with Crippen LogP contribution in [0.3, 0.4) is 0 Å². The summed E-state index contributed by atoms with van der Waals surface area (Å²) in [5.41, 5.74) is 8.76. The molecule has 2 heterocycles. The fourth-order valence-electron chi connectivity index (χ4n) is 1.50. The van der Waals surface area contributed by atoms with Gasteiger partial charge in [0.15, 0.2) is 11.0 Å². The number of rotatable bonds is 3. The topological polar surface area (TPSA) is 110 Å². The Hall–Kier alpha value is -2.22. The van der Waals surface area contributed by atoms with Crippen LogP contribution < -0.4 is 5.73 Å². The van der Waals surface area contributed by atoms with Crippen molar-refractivity contribution >= 4 is 17.6 Å². The highest BCUT2D eigenvalue weighted by molar-refractivity contribution is 7.99. The summed E-state index contributed by atoms with van der Waals surface area (Å²) in [4.78, 5) is 17.0. The van der Waals surface area contributed by atoms with Crippen molar-refractivity contribution in [3.63, 3.8) is 0 Å². The van der Waals surface area contributed by atoms with Crippen LogP contribution in [0, 0.1) is 20.8 Å². The Morgan fingerprint density at radius 2 is 1.75 bits per heavy atom. The predicted octanol–water partition coefficient (Wildman–Crippen LogP) is 1.44. The monoisotopic (exact) mass is 290 g/mol. The third kappa shape index (κ3) is 2.85. The molecule has 2 rings (SSSR count). The normalized spacial score (nSPS) is 11.7. The minimum absolute atomic E-state index is 0.0962. The zero-order valence-corrected chi connectivity index (χ0v) is 12.1. The molecule has 3 N–H and O–H groups in total. The molecule has 2 aromatic rings. The molecule has 0 aromatic carbocycles. The van der Waals surface area contributed by atoms with Gasteiger partial charge >= 0.3 is 0 Å². The fourth-order valence-corrected chi connectivity index (χ4v) is 2.40. The second-order valence-electron chi connectivity index (χ2n) is 4.10. The zero-order chi connectivity index (χ0) is 14.7. The van der Waals surface area contributed by atoms with E-state index in [-0.39, 0.29) is 5.84 Å². The van der Waals surface area contributed by atoms with E-state index in [1.54, 1.807) is 0 Å². The fraction of sp³-hybridized carbons (Fsp3) is 0.250. The lowest BCUT2D eigenvalue weighted by atomic mass is 10.2. The maximum absolute atomic E-state index is 8.76. The summed E-state index contributed by atoms with van der Waals surface area (Å²) >= 11 is 1.23. The number of aromatic nitrogens is 4. The molecular weight excluding hydrogens is 276 g/mol. The van der Waals surface area contributed by atoms with E-state index in [1.807, 2.05) is 20.8 Å². The molecule has 104 valence electrons. The van der Waals surface area contributed by atoms with Gasteiger partial charge in [-0.2, -0.15) is 0 Å². The maximum Gasteiger partial charge on any atom is 0.194 e. The molecule has 0 aliphatic rings. The quantitative estimate of drug-likeness (QED) is 0.289. The predicted molar refractivity (Wildman–Crippen MR) is 74.9 cm³/mol. The Kier molecular flexibility index (Phi) is 4.14. The van der Waals surface area contributed by atoms with Gasteiger partial charge in [-0.05, 0) is 38.1 Å². The van der Waals surface area contributed by atoms with Crippen LogP contribution in [0.2, 0.25) is 0 Å². The standard InChI is InChI=1S/C12H14N6OS/c1-6-7(2)16-12(17-8(6)3)20-11-9(10(13)18-19)14-4-5-15-11/h4-5,19H,1-3H3,(H2,13,18). The van der Waals surface area contributed by atoms with Gasteiger partial charge in [0.05, 0.1) is 0 Å². The van der Waals surface area contributed by atoms with Crippen molar-refractivity contribution in [1.29, 1.82) is 0 Å². The van der Waals surface area contributed by atoms with Crippen LogP contribution in [0.25, 0.3) is 0 Å². The van der Waals surface area contributed by atoms with Crippen molar-refractivity contribution < 1.29 is 5.21 Å². The highest BCUT2D eigenvalue weighted by atomic mass is 32.2. The van der Waals surface area contributed by atoms with E-state index in [4.69, 9.17) is 10.9 Å². The molecule has 0 unspecified atom stereocenters. The molecule has 0 aliphatic carbocycles. The first-order chi connectivity index (χ1) is 9.52. The molecule has 8 heteroatoms. The number of nitrogens with zero attached hydrogens (tertiary/aromatic N) is 5. The van der Waals surface area contributed by atoms with Gasteiger partial charge < -0.3 is 10.9 Å². The summed E-state index contributed by atoms with van der Waals surface area (Å²) in [5.74, 6) is -0.0962. The Bertz CT molecular complexity index is 650. The van der Waals surface area contributed by atoms with Gasteiger partial charge in [0.25, 0.3) is 0 Å². The van der Waals surface area contributed by atoms with Crippen LogP contribution in [0.5, 0.6) is 0 Å². The van der Waals surface area contributed by atoms with Crippen LogP contribution in [0.4, 0.5) is 0 Å². The van der Waals surface area contributed by atoms with Gasteiger partial charge in [-0.25, -0.2) is 19.9 Å². The van der Waals surface area contributed by atoms with Gasteiger partial charge in [-0.1, -0.05) is 5.16 Å². The number of hydrogen-bond acceptors (Lipinski definition) is 7. The first kappa shape index (κ1) is 14.2. The van der Waals surface area contributed by atoms with E-state index >= 15 is 0 Å². The SMILES string of the molecule is Cc1nc(Sc2nccnc2C(N)=NO)nc(C)c1C. The second kappa shape index (κ2) is 5.83. The summed E-state index contributed by atoms with van der Waals surface area (Å²) in [6.45, 7) is 5.83. The van der Waals surface area contributed by atoms with Crippen LogP contribution in [-0.4, -0.2) is 31.0 Å². The molecule has 7 nitrogen and oxygen atoms in total. The van der Waals surface area contributed by atoms with E-state index in [0.29, 0.717) is 15.9 Å². The van der Waals surface area contributed by atoms with E-state index in [9.17, 15) is 0 Å². The minimum Gasteiger partial charge on any atom is -0.409 e. The number of hydrogen-bond donors (Lipinski definition) is 2. The maximum atomic E-state index is 8.76. The summed E-state index contributed by atoms with van der Waals surface area (Å²) in [6, 6.07) is 0. The number of aryl methyl sites for hydroxylation is 2. The van der Waals surface area contributed by atoms with Gasteiger partial charge in [0, 0.05) is 23.8 Å². The summed E-state index contributed by atoms with van der Waals surface area (Å²) in [7, 11) is 0. The van der Waals surface area contributed by atoms with Gasteiger partial charge in [0.2, 0.25) is 0 Å². The summed E-state index contributed by atoms with van der Waals surface area (Å²) < 4.78 is 0. The Labute approximate surface area is 120 Å². The van der Waals surface area contributed by atoms with Crippen molar-refractivity contribution in [2.75, 3.05) is 0 Å². The lowest BCUT2D eigenvalue weighted by Crippen LogP contribution is -2.16. The molecule has 0 fully saturated rings. The van der Waals surface area contributed by atoms with Crippen molar-refractivity contribution in [2.24, 2.45) is 10.9 Å². The van der Waals surface area contributed by atoms with E-state index in [1.165, 1.54) is 24.2 Å². The van der Waals surface area contributed by atoms with E-state index in [0.717, 1.165) is 17.0 Å². The molecule has 20 heavy (non-hydrogen) atoms. The Morgan fingerprint density at radius 1 is 1.15 bits per heavy atom. The summed E-state index contributed by atoms with van der Waals surface area (Å²) in [6.07, 6.45) is 3.01. The van der Waals surface area contributed by atoms with Crippen molar-refractivity contribution in [1.82, 2.24) is 19.9 Å². The smallest absolute Gasteiger partial charge is 0.194 e. The molecule has 0 amide bonds. The number of amidine groups is 1. The first-order valence-electron chi connectivity index (χ1n) is 5.81. The first-order valence-corrected chi connectivity index (χ1v) is 6.63. The number of oxime groups is 1. The van der Waals surface area contributed by atoms with Crippen LogP contribution in [0.1, 0.15) is 22.6 Å². The molecule has 0 spiro atoms. The van der Waals surface area contributed by atoms with E-state index < -0.39 is 0 Å². The molecule has 0 radical (unpaired) electrons. The average Bonchev–Trinajstić information content (AvgIpc) is 2.44. The highest BCUT2D eigenvalue weighted by Crippen LogP contribution is 2.26. The molecule has 2 aromatic heterocycles. The van der Waals surface area contributed by atoms with Crippen LogP contribution >= 0.6 is 11.8 Å². The molecule has 0 bridgehead atoms. The lowest BCUT2D eigenvalue weighted by molar-refractivity contribution is 0.318. The molecule has 0 aliphatic heterocycles. The molecule has 0 saturated heterocycles. The molecule has 0 atom stereocenters. The van der Waals surface area contributed by atoms with Gasteiger partial charge in [0.1, 0.15) is 10.7 Å². The van der Waals surface area contributed by atoms with Crippen LogP contribution in [0.15, 0.2) is 27.7 Å².